The lowest BCUT2D eigenvalue weighted by Gasteiger charge is -2.26. The summed E-state index contributed by atoms with van der Waals surface area (Å²) in [5.41, 5.74) is 2.15. The van der Waals surface area contributed by atoms with Crippen molar-refractivity contribution < 1.29 is 4.74 Å². The van der Waals surface area contributed by atoms with E-state index in [4.69, 9.17) is 4.74 Å². The molecule has 0 aliphatic carbocycles. The average molecular weight is 247 g/mol. The second-order valence-corrected chi connectivity index (χ2v) is 4.63. The summed E-state index contributed by atoms with van der Waals surface area (Å²) in [5.74, 6) is 0.803. The highest BCUT2D eigenvalue weighted by Gasteiger charge is 2.14. The molecule has 0 unspecified atom stereocenters. The molecular weight excluding hydrogens is 234 g/mol. The summed E-state index contributed by atoms with van der Waals surface area (Å²) in [6, 6.07) is 4.03. The summed E-state index contributed by atoms with van der Waals surface area (Å²) in [6.45, 7) is 3.25. The van der Waals surface area contributed by atoms with E-state index in [0.717, 1.165) is 43.5 Å². The minimum absolute atomic E-state index is 0.756. The molecule has 0 amide bonds. The van der Waals surface area contributed by atoms with Crippen molar-refractivity contribution in [2.45, 2.75) is 0 Å². The van der Waals surface area contributed by atoms with E-state index in [9.17, 15) is 0 Å². The van der Waals surface area contributed by atoms with E-state index in [0.29, 0.717) is 0 Å². The third-order valence-electron chi connectivity index (χ3n) is 2.75. The third kappa shape index (κ3) is 2.30. The fraction of sp³-hybridized carbons (Fsp3) is 0.333. The predicted molar refractivity (Wildman–Crippen MR) is 68.4 cm³/mol. The number of morpholine rings is 1. The first kappa shape index (κ1) is 10.7. The van der Waals surface area contributed by atoms with Gasteiger partial charge in [-0.05, 0) is 17.5 Å². The molecule has 88 valence electrons. The molecule has 17 heavy (non-hydrogen) atoms. The van der Waals surface area contributed by atoms with Crippen molar-refractivity contribution >= 4 is 17.3 Å². The molecule has 0 spiro atoms. The van der Waals surface area contributed by atoms with Gasteiger partial charge in [0.15, 0.2) is 0 Å². The SMILES string of the molecule is c1cc(-c2ccsc2)nc(N2CCOCC2)n1. The summed E-state index contributed by atoms with van der Waals surface area (Å²) in [4.78, 5) is 11.1. The van der Waals surface area contributed by atoms with Crippen LogP contribution in [0.3, 0.4) is 0 Å². The Balaban J connectivity index is 1.88. The number of ether oxygens (including phenoxy) is 1. The van der Waals surface area contributed by atoms with Gasteiger partial charge in [-0.3, -0.25) is 0 Å². The standard InChI is InChI=1S/C12H13N3OS/c1-3-13-12(15-4-6-16-7-5-15)14-11(1)10-2-8-17-9-10/h1-3,8-9H,4-7H2. The lowest BCUT2D eigenvalue weighted by molar-refractivity contribution is 0.122. The molecule has 3 heterocycles. The second-order valence-electron chi connectivity index (χ2n) is 3.85. The van der Waals surface area contributed by atoms with E-state index in [-0.39, 0.29) is 0 Å². The van der Waals surface area contributed by atoms with Crippen molar-refractivity contribution in [2.75, 3.05) is 31.2 Å². The van der Waals surface area contributed by atoms with E-state index in [1.807, 2.05) is 12.3 Å². The highest BCUT2D eigenvalue weighted by Crippen LogP contribution is 2.21. The van der Waals surface area contributed by atoms with Crippen molar-refractivity contribution in [3.63, 3.8) is 0 Å². The van der Waals surface area contributed by atoms with Gasteiger partial charge in [0.1, 0.15) is 0 Å². The fourth-order valence-corrected chi connectivity index (χ4v) is 2.48. The molecule has 0 N–H and O–H groups in total. The van der Waals surface area contributed by atoms with Gasteiger partial charge in [0, 0.05) is 30.2 Å². The number of aromatic nitrogens is 2. The van der Waals surface area contributed by atoms with Crippen LogP contribution in [0.25, 0.3) is 11.3 Å². The van der Waals surface area contributed by atoms with Crippen molar-refractivity contribution in [1.29, 1.82) is 0 Å². The van der Waals surface area contributed by atoms with Crippen LogP contribution in [-0.4, -0.2) is 36.3 Å². The number of hydrogen-bond donors (Lipinski definition) is 0. The summed E-state index contributed by atoms with van der Waals surface area (Å²) in [7, 11) is 0. The van der Waals surface area contributed by atoms with Crippen molar-refractivity contribution in [3.05, 3.63) is 29.1 Å². The van der Waals surface area contributed by atoms with Gasteiger partial charge in [0.25, 0.3) is 0 Å². The van der Waals surface area contributed by atoms with Crippen LogP contribution in [0.1, 0.15) is 0 Å². The van der Waals surface area contributed by atoms with Crippen LogP contribution in [0.5, 0.6) is 0 Å². The third-order valence-corrected chi connectivity index (χ3v) is 3.44. The topological polar surface area (TPSA) is 38.2 Å². The summed E-state index contributed by atoms with van der Waals surface area (Å²) < 4.78 is 5.33. The lowest BCUT2D eigenvalue weighted by atomic mass is 10.2. The molecule has 2 aromatic heterocycles. The molecule has 4 nitrogen and oxygen atoms in total. The molecule has 0 atom stereocenters. The molecule has 1 aliphatic heterocycles. The van der Waals surface area contributed by atoms with Crippen LogP contribution in [0.2, 0.25) is 0 Å². The van der Waals surface area contributed by atoms with Crippen LogP contribution in [0, 0.1) is 0 Å². The Hall–Kier alpha value is -1.46. The van der Waals surface area contributed by atoms with Gasteiger partial charge in [-0.1, -0.05) is 0 Å². The maximum atomic E-state index is 5.33. The van der Waals surface area contributed by atoms with Crippen LogP contribution in [-0.2, 0) is 4.74 Å². The quantitative estimate of drug-likeness (QED) is 0.814. The van der Waals surface area contributed by atoms with Gasteiger partial charge in [0.05, 0.1) is 18.9 Å². The molecule has 1 fully saturated rings. The van der Waals surface area contributed by atoms with Gasteiger partial charge < -0.3 is 9.64 Å². The lowest BCUT2D eigenvalue weighted by Crippen LogP contribution is -2.37. The van der Waals surface area contributed by atoms with Gasteiger partial charge in [-0.25, -0.2) is 9.97 Å². The zero-order valence-electron chi connectivity index (χ0n) is 9.37. The van der Waals surface area contributed by atoms with Crippen LogP contribution in [0.15, 0.2) is 29.1 Å². The van der Waals surface area contributed by atoms with Gasteiger partial charge in [-0.2, -0.15) is 11.3 Å². The Morgan fingerprint density at radius 2 is 2.12 bits per heavy atom. The van der Waals surface area contributed by atoms with Gasteiger partial charge in [-0.15, -0.1) is 0 Å². The number of hydrogen-bond acceptors (Lipinski definition) is 5. The highest BCUT2D eigenvalue weighted by atomic mass is 32.1. The van der Waals surface area contributed by atoms with Crippen molar-refractivity contribution in [1.82, 2.24) is 9.97 Å². The van der Waals surface area contributed by atoms with Crippen molar-refractivity contribution in [2.24, 2.45) is 0 Å². The second kappa shape index (κ2) is 4.81. The summed E-state index contributed by atoms with van der Waals surface area (Å²) in [5, 5.41) is 4.16. The van der Waals surface area contributed by atoms with E-state index in [1.165, 1.54) is 0 Å². The smallest absolute Gasteiger partial charge is 0.226 e. The Labute approximate surface area is 104 Å². The molecule has 1 aliphatic rings. The molecule has 2 aromatic rings. The monoisotopic (exact) mass is 247 g/mol. The number of anilines is 1. The number of thiophene rings is 1. The zero-order chi connectivity index (χ0) is 11.5. The van der Waals surface area contributed by atoms with Crippen LogP contribution < -0.4 is 4.90 Å². The van der Waals surface area contributed by atoms with E-state index in [2.05, 4.69) is 31.7 Å². The van der Waals surface area contributed by atoms with E-state index >= 15 is 0 Å². The predicted octanol–water partition coefficient (Wildman–Crippen LogP) is 2.04. The van der Waals surface area contributed by atoms with Crippen LogP contribution >= 0.6 is 11.3 Å². The molecule has 0 radical (unpaired) electrons. The maximum Gasteiger partial charge on any atom is 0.226 e. The van der Waals surface area contributed by atoms with Gasteiger partial charge >= 0.3 is 0 Å². The van der Waals surface area contributed by atoms with E-state index < -0.39 is 0 Å². The Bertz CT molecular complexity index is 480. The number of nitrogens with zero attached hydrogens (tertiary/aromatic N) is 3. The Kier molecular flexibility index (Phi) is 3.02. The maximum absolute atomic E-state index is 5.33. The minimum atomic E-state index is 0.756. The Morgan fingerprint density at radius 1 is 1.24 bits per heavy atom. The molecule has 0 bridgehead atoms. The van der Waals surface area contributed by atoms with E-state index in [1.54, 1.807) is 11.3 Å². The number of rotatable bonds is 2. The normalized spacial score (nSPS) is 16.1. The summed E-state index contributed by atoms with van der Waals surface area (Å²) >= 11 is 1.68. The molecule has 3 rings (SSSR count). The first-order valence-corrected chi connectivity index (χ1v) is 6.56. The largest absolute Gasteiger partial charge is 0.378 e. The molecule has 0 saturated carbocycles. The summed E-state index contributed by atoms with van der Waals surface area (Å²) in [6.07, 6.45) is 1.82. The molecule has 0 aromatic carbocycles. The Morgan fingerprint density at radius 3 is 2.88 bits per heavy atom. The zero-order valence-corrected chi connectivity index (χ0v) is 10.2. The average Bonchev–Trinajstić information content (AvgIpc) is 2.94. The fourth-order valence-electron chi connectivity index (χ4n) is 1.84. The molecule has 5 heteroatoms. The molecular formula is C12H13N3OS. The minimum Gasteiger partial charge on any atom is -0.378 e. The highest BCUT2D eigenvalue weighted by molar-refractivity contribution is 7.08. The first-order chi connectivity index (χ1) is 8.43. The van der Waals surface area contributed by atoms with Gasteiger partial charge in [0.2, 0.25) is 5.95 Å². The van der Waals surface area contributed by atoms with Crippen molar-refractivity contribution in [3.8, 4) is 11.3 Å². The molecule has 1 saturated heterocycles. The first-order valence-electron chi connectivity index (χ1n) is 5.62. The van der Waals surface area contributed by atoms with Crippen LogP contribution in [0.4, 0.5) is 5.95 Å².